The van der Waals surface area contributed by atoms with Gasteiger partial charge in [0.2, 0.25) is 0 Å². The molecule has 18 heavy (non-hydrogen) atoms. The summed E-state index contributed by atoms with van der Waals surface area (Å²) >= 11 is 6.00. The van der Waals surface area contributed by atoms with Crippen LogP contribution in [0.2, 0.25) is 5.02 Å². The molecular formula is C13H12ClN3O. The number of pyridine rings is 1. The number of carbonyl (C=O) groups is 1. The second-order valence-corrected chi connectivity index (χ2v) is 4.29. The zero-order valence-corrected chi connectivity index (χ0v) is 10.5. The number of rotatable bonds is 2. The maximum atomic E-state index is 11.9. The number of carbonyl (C=O) groups excluding carboxylic acids is 1. The van der Waals surface area contributed by atoms with Crippen molar-refractivity contribution < 1.29 is 4.79 Å². The third-order valence-corrected chi connectivity index (χ3v) is 2.70. The van der Waals surface area contributed by atoms with Crippen LogP contribution in [0.5, 0.6) is 0 Å². The second kappa shape index (κ2) is 5.06. The normalized spacial score (nSPS) is 10.1. The molecule has 0 unspecified atom stereocenters. The van der Waals surface area contributed by atoms with Crippen LogP contribution in [0.25, 0.3) is 0 Å². The first-order valence-electron chi connectivity index (χ1n) is 5.36. The summed E-state index contributed by atoms with van der Waals surface area (Å²) in [5.74, 6) is -0.0345. The van der Waals surface area contributed by atoms with Crippen molar-refractivity contribution in [3.8, 4) is 0 Å². The van der Waals surface area contributed by atoms with Gasteiger partial charge in [-0.25, -0.2) is 4.98 Å². The van der Waals surface area contributed by atoms with E-state index in [4.69, 9.17) is 17.3 Å². The van der Waals surface area contributed by atoms with Crippen molar-refractivity contribution in [2.45, 2.75) is 6.92 Å². The second-order valence-electron chi connectivity index (χ2n) is 3.89. The fraction of sp³-hybridized carbons (Fsp3) is 0.0769. The van der Waals surface area contributed by atoms with Crippen LogP contribution in [-0.4, -0.2) is 10.9 Å². The maximum absolute atomic E-state index is 11.9. The smallest absolute Gasteiger partial charge is 0.274 e. The predicted octanol–water partition coefficient (Wildman–Crippen LogP) is 2.88. The summed E-state index contributed by atoms with van der Waals surface area (Å²) < 4.78 is 0. The molecule has 2 aromatic rings. The van der Waals surface area contributed by atoms with Crippen LogP contribution < -0.4 is 11.1 Å². The average Bonchev–Trinajstić information content (AvgIpc) is 2.34. The lowest BCUT2D eigenvalue weighted by Crippen LogP contribution is -2.14. The predicted molar refractivity (Wildman–Crippen MR) is 72.8 cm³/mol. The van der Waals surface area contributed by atoms with Crippen molar-refractivity contribution in [3.05, 3.63) is 52.7 Å². The first kappa shape index (κ1) is 12.4. The maximum Gasteiger partial charge on any atom is 0.274 e. The number of amides is 1. The Morgan fingerprint density at radius 3 is 2.83 bits per heavy atom. The molecule has 1 amide bonds. The Hall–Kier alpha value is -2.07. The van der Waals surface area contributed by atoms with E-state index in [9.17, 15) is 4.79 Å². The number of aryl methyl sites for hydroxylation is 1. The molecule has 1 aromatic carbocycles. The van der Waals surface area contributed by atoms with Gasteiger partial charge in [0, 0.05) is 0 Å². The average molecular weight is 262 g/mol. The molecule has 0 fully saturated rings. The molecule has 0 spiro atoms. The summed E-state index contributed by atoms with van der Waals surface area (Å²) in [5.41, 5.74) is 7.35. The van der Waals surface area contributed by atoms with E-state index in [-0.39, 0.29) is 11.6 Å². The molecule has 0 atom stereocenters. The van der Waals surface area contributed by atoms with Gasteiger partial charge in [-0.15, -0.1) is 0 Å². The van der Waals surface area contributed by atoms with Crippen molar-refractivity contribution in [3.63, 3.8) is 0 Å². The molecule has 1 heterocycles. The molecule has 0 bridgehead atoms. The van der Waals surface area contributed by atoms with E-state index >= 15 is 0 Å². The number of benzene rings is 1. The van der Waals surface area contributed by atoms with Crippen LogP contribution in [0.1, 0.15) is 16.1 Å². The summed E-state index contributed by atoms with van der Waals surface area (Å²) in [4.78, 5) is 15.9. The monoisotopic (exact) mass is 261 g/mol. The van der Waals surface area contributed by atoms with Crippen LogP contribution in [-0.2, 0) is 0 Å². The number of hydrogen-bond acceptors (Lipinski definition) is 3. The molecule has 92 valence electrons. The molecule has 0 saturated heterocycles. The van der Waals surface area contributed by atoms with Crippen LogP contribution in [0.4, 0.5) is 11.5 Å². The van der Waals surface area contributed by atoms with E-state index in [1.807, 2.05) is 13.0 Å². The molecule has 0 aliphatic rings. The van der Waals surface area contributed by atoms with E-state index in [1.165, 1.54) is 0 Å². The van der Waals surface area contributed by atoms with E-state index in [2.05, 4.69) is 10.3 Å². The first-order chi connectivity index (χ1) is 8.56. The summed E-state index contributed by atoms with van der Waals surface area (Å²) in [6.07, 6.45) is 0. The highest BCUT2D eigenvalue weighted by molar-refractivity contribution is 6.33. The van der Waals surface area contributed by atoms with Gasteiger partial charge in [-0.3, -0.25) is 4.79 Å². The van der Waals surface area contributed by atoms with Gasteiger partial charge in [-0.2, -0.15) is 0 Å². The molecular weight excluding hydrogens is 250 g/mol. The van der Waals surface area contributed by atoms with Crippen molar-refractivity contribution in [1.82, 2.24) is 4.98 Å². The fourth-order valence-corrected chi connectivity index (χ4v) is 1.66. The lowest BCUT2D eigenvalue weighted by Gasteiger charge is -2.07. The van der Waals surface area contributed by atoms with E-state index in [0.717, 1.165) is 5.56 Å². The third-order valence-electron chi connectivity index (χ3n) is 2.37. The molecule has 5 heteroatoms. The number of nitrogens with one attached hydrogen (secondary N) is 1. The number of nitrogens with zero attached hydrogens (tertiary/aromatic N) is 1. The third kappa shape index (κ3) is 2.78. The highest BCUT2D eigenvalue weighted by Gasteiger charge is 2.10. The Balaban J connectivity index is 2.24. The molecule has 0 saturated carbocycles. The van der Waals surface area contributed by atoms with Gasteiger partial charge < -0.3 is 11.1 Å². The largest absolute Gasteiger partial charge is 0.384 e. The summed E-state index contributed by atoms with van der Waals surface area (Å²) in [7, 11) is 0. The number of halogens is 1. The quantitative estimate of drug-likeness (QED) is 0.873. The highest BCUT2D eigenvalue weighted by atomic mass is 35.5. The van der Waals surface area contributed by atoms with Gasteiger partial charge in [0.05, 0.1) is 10.7 Å². The SMILES string of the molecule is Cc1ccc(Cl)c(NC(=O)c2cccc(N)n2)c1. The fourth-order valence-electron chi connectivity index (χ4n) is 1.50. The zero-order valence-electron chi connectivity index (χ0n) is 9.77. The Morgan fingerprint density at radius 1 is 1.33 bits per heavy atom. The molecule has 4 nitrogen and oxygen atoms in total. The first-order valence-corrected chi connectivity index (χ1v) is 5.74. The lowest BCUT2D eigenvalue weighted by molar-refractivity contribution is 0.102. The van der Waals surface area contributed by atoms with Crippen molar-refractivity contribution in [1.29, 1.82) is 0 Å². The molecule has 2 rings (SSSR count). The van der Waals surface area contributed by atoms with Crippen LogP contribution >= 0.6 is 11.6 Å². The summed E-state index contributed by atoms with van der Waals surface area (Å²) in [5, 5.41) is 3.19. The Bertz CT molecular complexity index is 599. The Morgan fingerprint density at radius 2 is 2.11 bits per heavy atom. The number of nitrogens with two attached hydrogens (primary N) is 1. The number of hydrogen-bond donors (Lipinski definition) is 2. The molecule has 0 radical (unpaired) electrons. The molecule has 1 aromatic heterocycles. The number of nitrogen functional groups attached to an aromatic ring is 1. The topological polar surface area (TPSA) is 68.0 Å². The molecule has 0 aliphatic heterocycles. The van der Waals surface area contributed by atoms with Gasteiger partial charge in [0.15, 0.2) is 0 Å². The van der Waals surface area contributed by atoms with Crippen LogP contribution in [0.3, 0.4) is 0 Å². The Kier molecular flexibility index (Phi) is 3.48. The standard InChI is InChI=1S/C13H12ClN3O/c1-8-5-6-9(14)11(7-8)17-13(18)10-3-2-4-12(15)16-10/h2-7H,1H3,(H2,15,16)(H,17,18). The lowest BCUT2D eigenvalue weighted by atomic mass is 10.2. The van der Waals surface area contributed by atoms with Crippen molar-refractivity contribution in [2.75, 3.05) is 11.1 Å². The summed E-state index contributed by atoms with van der Waals surface area (Å²) in [6, 6.07) is 10.3. The summed E-state index contributed by atoms with van der Waals surface area (Å²) in [6.45, 7) is 1.92. The minimum absolute atomic E-state index is 0.257. The minimum atomic E-state index is -0.338. The van der Waals surface area contributed by atoms with E-state index < -0.39 is 0 Å². The van der Waals surface area contributed by atoms with Crippen molar-refractivity contribution in [2.24, 2.45) is 0 Å². The molecule has 3 N–H and O–H groups in total. The van der Waals surface area contributed by atoms with Crippen LogP contribution in [0.15, 0.2) is 36.4 Å². The van der Waals surface area contributed by atoms with E-state index in [0.29, 0.717) is 16.5 Å². The molecule has 0 aliphatic carbocycles. The number of anilines is 2. The van der Waals surface area contributed by atoms with Gasteiger partial charge in [0.25, 0.3) is 5.91 Å². The van der Waals surface area contributed by atoms with Gasteiger partial charge in [-0.1, -0.05) is 23.7 Å². The Labute approximate surface area is 110 Å². The minimum Gasteiger partial charge on any atom is -0.384 e. The highest BCUT2D eigenvalue weighted by Crippen LogP contribution is 2.23. The van der Waals surface area contributed by atoms with Gasteiger partial charge in [-0.05, 0) is 36.8 Å². The van der Waals surface area contributed by atoms with Crippen molar-refractivity contribution >= 4 is 29.0 Å². The number of aromatic nitrogens is 1. The van der Waals surface area contributed by atoms with Crippen LogP contribution in [0, 0.1) is 6.92 Å². The van der Waals surface area contributed by atoms with Gasteiger partial charge >= 0.3 is 0 Å². The van der Waals surface area contributed by atoms with E-state index in [1.54, 1.807) is 30.3 Å². The zero-order chi connectivity index (χ0) is 13.1. The van der Waals surface area contributed by atoms with Gasteiger partial charge in [0.1, 0.15) is 11.5 Å².